The molecule has 2 aromatic carbocycles. The van der Waals surface area contributed by atoms with Gasteiger partial charge < -0.3 is 0 Å². The third-order valence-corrected chi connectivity index (χ3v) is 3.32. The van der Waals surface area contributed by atoms with Gasteiger partial charge in [-0.25, -0.2) is 0 Å². The average molecular weight is 440 g/mol. The van der Waals surface area contributed by atoms with Crippen molar-refractivity contribution in [2.45, 2.75) is 13.8 Å². The summed E-state index contributed by atoms with van der Waals surface area (Å²) in [4.78, 5) is 0. The van der Waals surface area contributed by atoms with Crippen molar-refractivity contribution < 1.29 is 20.1 Å². The Hall–Kier alpha value is -1.70. The number of rotatable bonds is 2. The molecule has 0 amide bonds. The maximum Gasteiger partial charge on any atom is 0.0493 e. The first-order valence-electron chi connectivity index (χ1n) is 6.34. The topological polar surface area (TPSA) is 17.8 Å². The minimum atomic E-state index is 0. The molecule has 0 bridgehead atoms. The molecule has 1 radical (unpaired) electrons. The van der Waals surface area contributed by atoms with Crippen molar-refractivity contribution in [1.29, 1.82) is 0 Å². The molecule has 0 N–H and O–H groups in total. The van der Waals surface area contributed by atoms with Crippen LogP contribution in [0.5, 0.6) is 0 Å². The van der Waals surface area contributed by atoms with Crippen LogP contribution in [0.4, 0.5) is 0 Å². The zero-order valence-electron chi connectivity index (χ0n) is 11.4. The fourth-order valence-electron chi connectivity index (χ4n) is 2.46. The van der Waals surface area contributed by atoms with Gasteiger partial charge >= 0.3 is 0 Å². The Morgan fingerprint density at radius 2 is 1.75 bits per heavy atom. The van der Waals surface area contributed by atoms with Gasteiger partial charge in [-0.05, 0) is 25.6 Å². The molecule has 2 nitrogen and oxygen atoms in total. The van der Waals surface area contributed by atoms with E-state index in [-0.39, 0.29) is 20.1 Å². The van der Waals surface area contributed by atoms with E-state index in [1.165, 1.54) is 22.3 Å². The summed E-state index contributed by atoms with van der Waals surface area (Å²) < 4.78 is 1.86. The molecule has 0 spiro atoms. The van der Waals surface area contributed by atoms with Crippen LogP contribution in [0.2, 0.25) is 0 Å². The minimum Gasteiger partial charge on any atom is -0.265 e. The fourth-order valence-corrected chi connectivity index (χ4v) is 2.46. The molecule has 3 aromatic rings. The van der Waals surface area contributed by atoms with Crippen molar-refractivity contribution in [2.75, 3.05) is 0 Å². The molecule has 0 atom stereocenters. The molecule has 20 heavy (non-hydrogen) atoms. The zero-order valence-corrected chi connectivity index (χ0v) is 13.8. The molecular weight excluding hydrogens is 424 g/mol. The smallest absolute Gasteiger partial charge is 0.0493 e. The largest absolute Gasteiger partial charge is 0.265 e. The van der Waals surface area contributed by atoms with Crippen LogP contribution in [0, 0.1) is 19.9 Å². The van der Waals surface area contributed by atoms with Gasteiger partial charge in [0.1, 0.15) is 0 Å². The summed E-state index contributed by atoms with van der Waals surface area (Å²) in [6.07, 6.45) is 3.73. The maximum atomic E-state index is 4.32. The number of aromatic nitrogens is 2. The number of benzene rings is 2. The second-order valence-corrected chi connectivity index (χ2v) is 4.65. The molecule has 1 aromatic heterocycles. The summed E-state index contributed by atoms with van der Waals surface area (Å²) >= 11 is 0. The summed E-state index contributed by atoms with van der Waals surface area (Å²) in [6.45, 7) is 4.28. The second-order valence-electron chi connectivity index (χ2n) is 4.65. The van der Waals surface area contributed by atoms with Crippen LogP contribution in [0.1, 0.15) is 11.1 Å². The Balaban J connectivity index is 0.00000147. The zero-order chi connectivity index (χ0) is 13.2. The van der Waals surface area contributed by atoms with E-state index >= 15 is 0 Å². The Labute approximate surface area is 132 Å². The Morgan fingerprint density at radius 3 is 2.40 bits per heavy atom. The van der Waals surface area contributed by atoms with E-state index in [1.54, 1.807) is 6.20 Å². The van der Waals surface area contributed by atoms with Gasteiger partial charge in [-0.1, -0.05) is 34.9 Å². The minimum absolute atomic E-state index is 0. The first-order chi connectivity index (χ1) is 9.27. The summed E-state index contributed by atoms with van der Waals surface area (Å²) in [5, 5.41) is 4.32. The Bertz CT molecular complexity index is 683. The molecule has 0 fully saturated rings. The van der Waals surface area contributed by atoms with E-state index in [4.69, 9.17) is 0 Å². The van der Waals surface area contributed by atoms with E-state index < -0.39 is 0 Å². The number of nitrogens with zero attached hydrogens (tertiary/aromatic N) is 2. The molecule has 103 valence electrons. The Kier molecular flexibility index (Phi) is 4.53. The number of aryl methyl sites for hydroxylation is 2. The summed E-state index contributed by atoms with van der Waals surface area (Å²) in [5.74, 6) is 0. The van der Waals surface area contributed by atoms with Gasteiger partial charge in [0.15, 0.2) is 0 Å². The fraction of sp³-hybridized carbons (Fsp3) is 0.118. The van der Waals surface area contributed by atoms with Crippen molar-refractivity contribution in [3.05, 3.63) is 72.1 Å². The third-order valence-electron chi connectivity index (χ3n) is 3.32. The van der Waals surface area contributed by atoms with Gasteiger partial charge in [-0.15, -0.1) is 5.56 Å². The van der Waals surface area contributed by atoms with Crippen LogP contribution in [0.25, 0.3) is 16.8 Å². The average Bonchev–Trinajstić information content (AvgIpc) is 2.93. The number of hydrogen-bond donors (Lipinski definition) is 0. The quantitative estimate of drug-likeness (QED) is 0.553. The van der Waals surface area contributed by atoms with Crippen molar-refractivity contribution in [1.82, 2.24) is 9.78 Å². The monoisotopic (exact) mass is 440 g/mol. The molecule has 3 rings (SSSR count). The van der Waals surface area contributed by atoms with Gasteiger partial charge in [0, 0.05) is 32.5 Å². The van der Waals surface area contributed by atoms with E-state index in [9.17, 15) is 0 Å². The first kappa shape index (κ1) is 14.7. The molecule has 1 heterocycles. The van der Waals surface area contributed by atoms with Gasteiger partial charge in [-0.3, -0.25) is 4.68 Å². The van der Waals surface area contributed by atoms with Crippen LogP contribution in [0.15, 0.2) is 54.9 Å². The van der Waals surface area contributed by atoms with E-state index in [0.717, 1.165) is 5.69 Å². The number of hydrogen-bond acceptors (Lipinski definition) is 1. The van der Waals surface area contributed by atoms with Crippen molar-refractivity contribution in [3.8, 4) is 16.8 Å². The maximum absolute atomic E-state index is 4.32. The molecule has 0 aliphatic rings. The normalized spacial score (nSPS) is 10.1. The van der Waals surface area contributed by atoms with Crippen LogP contribution in [-0.4, -0.2) is 9.78 Å². The molecule has 0 aliphatic carbocycles. The summed E-state index contributed by atoms with van der Waals surface area (Å²) in [6, 6.07) is 17.7. The molecule has 0 aliphatic heterocycles. The SMILES string of the molecule is Cc1cccc(C)c1-c1ccc[c-]c1-n1cccn1.[Ir]. The standard InChI is InChI=1S/C17H15N2.Ir/c1-13-7-5-8-14(2)17(13)15-9-3-4-10-16(15)19-12-6-11-18-19;/h3-9,11-12H,1-2H3;/q-1;. The van der Waals surface area contributed by atoms with Crippen LogP contribution in [-0.2, 0) is 20.1 Å². The predicted octanol–water partition coefficient (Wildman–Crippen LogP) is 3.95. The van der Waals surface area contributed by atoms with E-state index in [0.29, 0.717) is 0 Å². The second kappa shape index (κ2) is 6.17. The van der Waals surface area contributed by atoms with Crippen LogP contribution < -0.4 is 0 Å². The Morgan fingerprint density at radius 1 is 1.00 bits per heavy atom. The predicted molar refractivity (Wildman–Crippen MR) is 77.3 cm³/mol. The van der Waals surface area contributed by atoms with Gasteiger partial charge in [-0.2, -0.15) is 29.4 Å². The number of para-hydroxylation sites is 1. The summed E-state index contributed by atoms with van der Waals surface area (Å²) in [5.41, 5.74) is 5.97. The van der Waals surface area contributed by atoms with Crippen molar-refractivity contribution in [3.63, 3.8) is 0 Å². The molecule has 0 saturated carbocycles. The third kappa shape index (κ3) is 2.60. The van der Waals surface area contributed by atoms with Gasteiger partial charge in [0.25, 0.3) is 0 Å². The first-order valence-corrected chi connectivity index (χ1v) is 6.34. The van der Waals surface area contributed by atoms with E-state index in [1.807, 2.05) is 29.1 Å². The van der Waals surface area contributed by atoms with Crippen molar-refractivity contribution in [2.24, 2.45) is 0 Å². The van der Waals surface area contributed by atoms with Gasteiger partial charge in [0.2, 0.25) is 0 Å². The molecule has 0 saturated heterocycles. The van der Waals surface area contributed by atoms with Crippen LogP contribution in [0.3, 0.4) is 0 Å². The van der Waals surface area contributed by atoms with E-state index in [2.05, 4.69) is 49.3 Å². The van der Waals surface area contributed by atoms with Crippen LogP contribution >= 0.6 is 0 Å². The molecular formula is C17H15IrN2-. The summed E-state index contributed by atoms with van der Waals surface area (Å²) in [7, 11) is 0. The molecule has 0 unspecified atom stereocenters. The van der Waals surface area contributed by atoms with Gasteiger partial charge in [0.05, 0.1) is 0 Å². The molecule has 3 heteroatoms. The van der Waals surface area contributed by atoms with Crippen molar-refractivity contribution >= 4 is 0 Å².